The van der Waals surface area contributed by atoms with Gasteiger partial charge in [0.1, 0.15) is 11.4 Å². The van der Waals surface area contributed by atoms with E-state index in [1.807, 2.05) is 13.0 Å². The molecule has 1 heterocycles. The highest BCUT2D eigenvalue weighted by atomic mass is 79.9. The Kier molecular flexibility index (Phi) is 5.97. The highest BCUT2D eigenvalue weighted by molar-refractivity contribution is 9.12. The van der Waals surface area contributed by atoms with Crippen molar-refractivity contribution in [2.24, 2.45) is 15.2 Å². The number of halogens is 2. The van der Waals surface area contributed by atoms with E-state index in [0.29, 0.717) is 12.2 Å². The second-order valence-electron chi connectivity index (χ2n) is 5.25. The lowest BCUT2D eigenvalue weighted by Crippen LogP contribution is -2.26. The van der Waals surface area contributed by atoms with Crippen molar-refractivity contribution in [1.82, 2.24) is 0 Å². The van der Waals surface area contributed by atoms with Crippen LogP contribution in [0.2, 0.25) is 0 Å². The van der Waals surface area contributed by atoms with Crippen molar-refractivity contribution in [3.63, 3.8) is 0 Å². The Morgan fingerprint density at radius 1 is 1.35 bits per heavy atom. The van der Waals surface area contributed by atoms with Gasteiger partial charge in [0.15, 0.2) is 4.45 Å². The van der Waals surface area contributed by atoms with E-state index >= 15 is 0 Å². The molecule has 0 aliphatic carbocycles. The van der Waals surface area contributed by atoms with E-state index in [1.54, 1.807) is 18.3 Å². The molecule has 124 valence electrons. The zero-order valence-electron chi connectivity index (χ0n) is 13.4. The number of nitrogens with zero attached hydrogens (tertiary/aromatic N) is 4. The molecule has 2 rings (SSSR count). The molecule has 1 aromatic carbocycles. The monoisotopic (exact) mass is 442 g/mol. The van der Waals surface area contributed by atoms with Crippen LogP contribution in [-0.4, -0.2) is 35.4 Å². The smallest absolute Gasteiger partial charge is 0.177 e. The van der Waals surface area contributed by atoms with Crippen LogP contribution in [0.25, 0.3) is 0 Å². The molecule has 0 aromatic heterocycles. The summed E-state index contributed by atoms with van der Waals surface area (Å²) in [7, 11) is 0. The summed E-state index contributed by atoms with van der Waals surface area (Å²) in [5.74, 6) is 0.120. The van der Waals surface area contributed by atoms with Gasteiger partial charge in [0.25, 0.3) is 0 Å². The molecule has 1 aliphatic rings. The second-order valence-corrected chi connectivity index (χ2v) is 7.41. The van der Waals surface area contributed by atoms with E-state index in [0.717, 1.165) is 28.8 Å². The van der Waals surface area contributed by atoms with E-state index in [4.69, 9.17) is 0 Å². The van der Waals surface area contributed by atoms with Gasteiger partial charge in [-0.15, -0.1) is 0 Å². The Morgan fingerprint density at radius 2 is 2.04 bits per heavy atom. The molecule has 7 heteroatoms. The maximum Gasteiger partial charge on any atom is 0.177 e. The third-order valence-corrected chi connectivity index (χ3v) is 5.65. The van der Waals surface area contributed by atoms with E-state index < -0.39 is 4.45 Å². The number of aliphatic imine (C=N–C) groups is 1. The Hall–Kier alpha value is -1.21. The summed E-state index contributed by atoms with van der Waals surface area (Å²) in [6.07, 6.45) is 1.76. The molecule has 1 atom stereocenters. The first-order chi connectivity index (χ1) is 10.9. The van der Waals surface area contributed by atoms with Crippen molar-refractivity contribution in [2.45, 2.75) is 25.2 Å². The summed E-state index contributed by atoms with van der Waals surface area (Å²) < 4.78 is 0.213. The first-order valence-electron chi connectivity index (χ1n) is 7.47. The van der Waals surface area contributed by atoms with Gasteiger partial charge in [-0.25, -0.2) is 0 Å². The van der Waals surface area contributed by atoms with E-state index in [-0.39, 0.29) is 5.75 Å². The molecule has 5 nitrogen and oxygen atoms in total. The zero-order chi connectivity index (χ0) is 17.0. The molecule has 0 saturated carbocycles. The molecule has 1 N–H and O–H groups in total. The second kappa shape index (κ2) is 7.57. The summed E-state index contributed by atoms with van der Waals surface area (Å²) >= 11 is 7.05. The van der Waals surface area contributed by atoms with Crippen LogP contribution in [0, 0.1) is 0 Å². The van der Waals surface area contributed by atoms with E-state index in [1.165, 1.54) is 0 Å². The summed E-state index contributed by atoms with van der Waals surface area (Å²) in [6.45, 7) is 8.37. The van der Waals surface area contributed by atoms with Crippen molar-refractivity contribution in [3.05, 3.63) is 28.3 Å². The van der Waals surface area contributed by atoms with Crippen LogP contribution in [0.1, 0.15) is 20.8 Å². The lowest BCUT2D eigenvalue weighted by molar-refractivity contribution is 0.475. The van der Waals surface area contributed by atoms with Crippen LogP contribution in [0.5, 0.6) is 5.75 Å². The predicted molar refractivity (Wildman–Crippen MR) is 103 cm³/mol. The van der Waals surface area contributed by atoms with Gasteiger partial charge in [-0.1, -0.05) is 15.9 Å². The minimum Gasteiger partial charge on any atom is -0.506 e. The molecule has 1 aliphatic heterocycles. The lowest BCUT2D eigenvalue weighted by atomic mass is 10.1. The van der Waals surface area contributed by atoms with Crippen molar-refractivity contribution in [3.8, 4) is 5.75 Å². The molecule has 0 amide bonds. The molecule has 0 bridgehead atoms. The average molecular weight is 444 g/mol. The normalized spacial score (nSPS) is 21.3. The number of azo groups is 1. The summed E-state index contributed by atoms with van der Waals surface area (Å²) in [4.78, 5) is 6.42. The van der Waals surface area contributed by atoms with Crippen molar-refractivity contribution in [2.75, 3.05) is 24.5 Å². The third-order valence-electron chi connectivity index (χ3n) is 3.84. The fourth-order valence-electron chi connectivity index (χ4n) is 2.27. The molecule has 0 spiro atoms. The predicted octanol–water partition coefficient (Wildman–Crippen LogP) is 5.17. The number of alkyl halides is 1. The lowest BCUT2D eigenvalue weighted by Gasteiger charge is -2.24. The SMILES string of the molecule is CCN(CC)c1ccc(N=NC2(Br)CN=CC(Br)=C2C)c(O)c1. The molecule has 0 fully saturated rings. The maximum atomic E-state index is 10.2. The molecule has 1 unspecified atom stereocenters. The number of rotatable bonds is 5. The van der Waals surface area contributed by atoms with Crippen LogP contribution < -0.4 is 4.90 Å². The first kappa shape index (κ1) is 18.1. The molecular formula is C16H20Br2N4O. The summed E-state index contributed by atoms with van der Waals surface area (Å²) in [5, 5.41) is 18.8. The maximum absolute atomic E-state index is 10.2. The van der Waals surface area contributed by atoms with Crippen LogP contribution >= 0.6 is 31.9 Å². The molecular weight excluding hydrogens is 424 g/mol. The van der Waals surface area contributed by atoms with Gasteiger partial charge in [-0.3, -0.25) is 4.99 Å². The van der Waals surface area contributed by atoms with Gasteiger partial charge in [0.2, 0.25) is 0 Å². The topological polar surface area (TPSA) is 60.5 Å². The van der Waals surface area contributed by atoms with Gasteiger partial charge in [0.05, 0.1) is 6.54 Å². The summed E-state index contributed by atoms with van der Waals surface area (Å²) in [6, 6.07) is 5.45. The zero-order valence-corrected chi connectivity index (χ0v) is 16.6. The number of hydrogen-bond acceptors (Lipinski definition) is 5. The van der Waals surface area contributed by atoms with Gasteiger partial charge in [-0.2, -0.15) is 10.2 Å². The minimum absolute atomic E-state index is 0.120. The van der Waals surface area contributed by atoms with Crippen LogP contribution in [0.4, 0.5) is 11.4 Å². The van der Waals surface area contributed by atoms with Gasteiger partial charge < -0.3 is 10.0 Å². The highest BCUT2D eigenvalue weighted by Gasteiger charge is 2.32. The fourth-order valence-corrected chi connectivity index (χ4v) is 3.44. The number of phenolic OH excluding ortho intramolecular Hbond substituents is 1. The Bertz CT molecular complexity index is 668. The minimum atomic E-state index is -0.676. The summed E-state index contributed by atoms with van der Waals surface area (Å²) in [5.41, 5.74) is 2.41. The standard InChI is InChI=1S/C16H20Br2N4O/c1-4-22(5-2)12-6-7-14(15(23)8-12)20-21-16(18)10-19-9-13(17)11(16)3/h6-9,23H,4-5,10H2,1-3H3. The van der Waals surface area contributed by atoms with Crippen LogP contribution in [-0.2, 0) is 0 Å². The Morgan fingerprint density at radius 3 is 2.65 bits per heavy atom. The van der Waals surface area contributed by atoms with Crippen LogP contribution in [0.15, 0.2) is 43.5 Å². The molecule has 1 aromatic rings. The quantitative estimate of drug-likeness (QED) is 0.387. The van der Waals surface area contributed by atoms with Crippen molar-refractivity contribution < 1.29 is 5.11 Å². The number of allylic oxidation sites excluding steroid dienone is 1. The molecule has 0 radical (unpaired) electrons. The number of benzene rings is 1. The number of phenols is 1. The molecule has 0 saturated heterocycles. The van der Waals surface area contributed by atoms with Crippen LogP contribution in [0.3, 0.4) is 0 Å². The number of aromatic hydroxyl groups is 1. The van der Waals surface area contributed by atoms with E-state index in [2.05, 4.69) is 65.8 Å². The highest BCUT2D eigenvalue weighted by Crippen LogP contribution is 2.38. The molecule has 23 heavy (non-hydrogen) atoms. The largest absolute Gasteiger partial charge is 0.506 e. The fraction of sp³-hybridized carbons (Fsp3) is 0.438. The van der Waals surface area contributed by atoms with Crippen molar-refractivity contribution >= 4 is 49.4 Å². The number of anilines is 1. The first-order valence-corrected chi connectivity index (χ1v) is 9.06. The van der Waals surface area contributed by atoms with Gasteiger partial charge in [0, 0.05) is 35.5 Å². The third kappa shape index (κ3) is 4.01. The Labute approximate surface area is 153 Å². The average Bonchev–Trinajstić information content (AvgIpc) is 2.53. The van der Waals surface area contributed by atoms with E-state index in [9.17, 15) is 5.11 Å². The Balaban J connectivity index is 2.25. The number of hydrogen-bond donors (Lipinski definition) is 1. The van der Waals surface area contributed by atoms with Gasteiger partial charge >= 0.3 is 0 Å². The number of dihydropyridines is 1. The van der Waals surface area contributed by atoms with Crippen molar-refractivity contribution in [1.29, 1.82) is 0 Å². The van der Waals surface area contributed by atoms with Gasteiger partial charge in [-0.05, 0) is 54.4 Å².